The molecule has 0 bridgehead atoms. The minimum absolute atomic E-state index is 0.0158. The molecule has 0 aromatic heterocycles. The first-order valence-electron chi connectivity index (χ1n) is 6.98. The van der Waals surface area contributed by atoms with Crippen LogP contribution in [-0.4, -0.2) is 33.5 Å². The molecule has 1 N–H and O–H groups in total. The van der Waals surface area contributed by atoms with E-state index in [0.717, 1.165) is 0 Å². The van der Waals surface area contributed by atoms with Crippen LogP contribution in [0.15, 0.2) is 23.1 Å². The van der Waals surface area contributed by atoms with Gasteiger partial charge in [0.15, 0.2) is 6.61 Å². The summed E-state index contributed by atoms with van der Waals surface area (Å²) in [5.74, 6) is 0.355. The Morgan fingerprint density at radius 2 is 2.10 bits per heavy atom. The molecule has 21 heavy (non-hydrogen) atoms. The number of sulfonamides is 1. The maximum atomic E-state index is 12.3. The average molecular weight is 312 g/mol. The van der Waals surface area contributed by atoms with E-state index in [2.05, 4.69) is 4.72 Å². The summed E-state index contributed by atoms with van der Waals surface area (Å²) in [5, 5.41) is 0. The number of carbonyl (C=O) groups is 1. The van der Waals surface area contributed by atoms with Crippen LogP contribution in [0.4, 0.5) is 5.69 Å². The van der Waals surface area contributed by atoms with Crippen LogP contribution >= 0.6 is 0 Å². The molecule has 2 rings (SSSR count). The third-order valence-electron chi connectivity index (χ3n) is 3.47. The first kappa shape index (κ1) is 15.8. The Morgan fingerprint density at radius 3 is 2.71 bits per heavy atom. The first-order valence-corrected chi connectivity index (χ1v) is 8.47. The lowest BCUT2D eigenvalue weighted by Crippen LogP contribution is -2.39. The minimum atomic E-state index is -3.60. The predicted molar refractivity (Wildman–Crippen MR) is 80.0 cm³/mol. The molecule has 1 aliphatic rings. The number of rotatable bonds is 5. The minimum Gasteiger partial charge on any atom is -0.482 e. The van der Waals surface area contributed by atoms with Crippen molar-refractivity contribution in [2.75, 3.05) is 18.1 Å². The molecule has 1 heterocycles. The molecule has 6 nitrogen and oxygen atoms in total. The fourth-order valence-electron chi connectivity index (χ4n) is 2.11. The van der Waals surface area contributed by atoms with Gasteiger partial charge in [-0.15, -0.1) is 0 Å². The van der Waals surface area contributed by atoms with Gasteiger partial charge in [-0.3, -0.25) is 4.79 Å². The van der Waals surface area contributed by atoms with Gasteiger partial charge in [-0.2, -0.15) is 0 Å². The predicted octanol–water partition coefficient (Wildman–Crippen LogP) is 1.51. The molecule has 1 aliphatic heterocycles. The monoisotopic (exact) mass is 312 g/mol. The molecule has 0 aliphatic carbocycles. The summed E-state index contributed by atoms with van der Waals surface area (Å²) in [6.07, 6.45) is 0.701. The van der Waals surface area contributed by atoms with Gasteiger partial charge in [-0.25, -0.2) is 13.1 Å². The lowest BCUT2D eigenvalue weighted by Gasteiger charge is -2.28. The SMILES string of the molecule is CCC(C)NS(=O)(=O)c1ccc2c(c1)N(CC)C(=O)CO2. The van der Waals surface area contributed by atoms with Crippen molar-refractivity contribution in [3.05, 3.63) is 18.2 Å². The maximum absolute atomic E-state index is 12.3. The zero-order valence-corrected chi connectivity index (χ0v) is 13.2. The van der Waals surface area contributed by atoms with Gasteiger partial charge in [-0.1, -0.05) is 6.92 Å². The van der Waals surface area contributed by atoms with Gasteiger partial charge in [0, 0.05) is 12.6 Å². The molecular weight excluding hydrogens is 292 g/mol. The van der Waals surface area contributed by atoms with Crippen LogP contribution in [0.1, 0.15) is 27.2 Å². The Balaban J connectivity index is 2.40. The Hall–Kier alpha value is -1.60. The van der Waals surface area contributed by atoms with Crippen LogP contribution in [0.3, 0.4) is 0 Å². The van der Waals surface area contributed by atoms with Crippen molar-refractivity contribution in [3.63, 3.8) is 0 Å². The number of amides is 1. The standard InChI is InChI=1S/C14H20N2O4S/c1-4-10(3)15-21(18,19)11-6-7-13-12(8-11)16(5-2)14(17)9-20-13/h6-8,10,15H,4-5,9H2,1-3H3. The molecular formula is C14H20N2O4S. The highest BCUT2D eigenvalue weighted by Gasteiger charge is 2.26. The molecule has 1 aromatic carbocycles. The average Bonchev–Trinajstić information content (AvgIpc) is 2.46. The zero-order chi connectivity index (χ0) is 15.6. The Bertz CT molecular complexity index is 642. The quantitative estimate of drug-likeness (QED) is 0.894. The largest absolute Gasteiger partial charge is 0.482 e. The molecule has 0 radical (unpaired) electrons. The van der Waals surface area contributed by atoms with E-state index in [-0.39, 0.29) is 23.5 Å². The molecule has 1 aromatic rings. The molecule has 116 valence electrons. The number of ether oxygens (including phenoxy) is 1. The highest BCUT2D eigenvalue weighted by Crippen LogP contribution is 2.34. The number of likely N-dealkylation sites (N-methyl/N-ethyl adjacent to an activating group) is 1. The molecule has 0 saturated carbocycles. The van der Waals surface area contributed by atoms with Crippen LogP contribution in [0.2, 0.25) is 0 Å². The summed E-state index contributed by atoms with van der Waals surface area (Å²) in [6.45, 7) is 6.01. The van der Waals surface area contributed by atoms with E-state index in [1.807, 2.05) is 13.8 Å². The van der Waals surface area contributed by atoms with E-state index in [1.54, 1.807) is 13.0 Å². The van der Waals surface area contributed by atoms with E-state index < -0.39 is 10.0 Å². The summed E-state index contributed by atoms with van der Waals surface area (Å²) < 4.78 is 32.5. The highest BCUT2D eigenvalue weighted by molar-refractivity contribution is 7.89. The Labute approximate surface area is 125 Å². The molecule has 0 saturated heterocycles. The third kappa shape index (κ3) is 3.19. The fourth-order valence-corrected chi connectivity index (χ4v) is 3.46. The summed E-state index contributed by atoms with van der Waals surface area (Å²) in [4.78, 5) is 13.5. The van der Waals surface area contributed by atoms with Crippen molar-refractivity contribution in [1.82, 2.24) is 4.72 Å². The van der Waals surface area contributed by atoms with E-state index in [1.165, 1.54) is 17.0 Å². The topological polar surface area (TPSA) is 75.7 Å². The fraction of sp³-hybridized carbons (Fsp3) is 0.500. The normalized spacial score (nSPS) is 16.3. The first-order chi connectivity index (χ1) is 9.89. The van der Waals surface area contributed by atoms with Crippen LogP contribution < -0.4 is 14.4 Å². The van der Waals surface area contributed by atoms with Crippen molar-refractivity contribution < 1.29 is 17.9 Å². The Morgan fingerprint density at radius 1 is 1.38 bits per heavy atom. The molecule has 0 fully saturated rings. The van der Waals surface area contributed by atoms with Gasteiger partial charge in [-0.05, 0) is 38.5 Å². The number of hydrogen-bond acceptors (Lipinski definition) is 4. The summed E-state index contributed by atoms with van der Waals surface area (Å²) in [5.41, 5.74) is 0.501. The highest BCUT2D eigenvalue weighted by atomic mass is 32.2. The van der Waals surface area contributed by atoms with E-state index in [4.69, 9.17) is 4.74 Å². The smallest absolute Gasteiger partial charge is 0.265 e. The van der Waals surface area contributed by atoms with Gasteiger partial charge in [0.2, 0.25) is 10.0 Å². The molecule has 0 spiro atoms. The Kier molecular flexibility index (Phi) is 4.53. The van der Waals surface area contributed by atoms with Crippen LogP contribution in [0, 0.1) is 0 Å². The van der Waals surface area contributed by atoms with Gasteiger partial charge < -0.3 is 9.64 Å². The van der Waals surface area contributed by atoms with Crippen molar-refractivity contribution >= 4 is 21.6 Å². The van der Waals surface area contributed by atoms with E-state index >= 15 is 0 Å². The van der Waals surface area contributed by atoms with E-state index in [9.17, 15) is 13.2 Å². The second-order valence-electron chi connectivity index (χ2n) is 4.99. The number of fused-ring (bicyclic) bond motifs is 1. The number of benzene rings is 1. The number of anilines is 1. The second-order valence-corrected chi connectivity index (χ2v) is 6.70. The molecule has 1 atom stereocenters. The number of nitrogens with one attached hydrogen (secondary N) is 1. The summed E-state index contributed by atoms with van der Waals surface area (Å²) >= 11 is 0. The molecule has 7 heteroatoms. The maximum Gasteiger partial charge on any atom is 0.265 e. The molecule has 1 unspecified atom stereocenters. The van der Waals surface area contributed by atoms with Crippen molar-refractivity contribution in [2.24, 2.45) is 0 Å². The van der Waals surface area contributed by atoms with E-state index in [0.29, 0.717) is 24.4 Å². The number of carbonyl (C=O) groups excluding carboxylic acids is 1. The van der Waals surface area contributed by atoms with Crippen molar-refractivity contribution in [3.8, 4) is 5.75 Å². The van der Waals surface area contributed by atoms with Crippen molar-refractivity contribution in [1.29, 1.82) is 0 Å². The lowest BCUT2D eigenvalue weighted by molar-refractivity contribution is -0.121. The third-order valence-corrected chi connectivity index (χ3v) is 5.06. The summed E-state index contributed by atoms with van der Waals surface area (Å²) in [6, 6.07) is 4.43. The second kappa shape index (κ2) is 6.03. The zero-order valence-electron chi connectivity index (χ0n) is 12.4. The van der Waals surface area contributed by atoms with Crippen LogP contribution in [0.5, 0.6) is 5.75 Å². The number of hydrogen-bond donors (Lipinski definition) is 1. The molecule has 1 amide bonds. The van der Waals surface area contributed by atoms with Crippen LogP contribution in [0.25, 0.3) is 0 Å². The van der Waals surface area contributed by atoms with Gasteiger partial charge in [0.25, 0.3) is 5.91 Å². The van der Waals surface area contributed by atoms with Gasteiger partial charge >= 0.3 is 0 Å². The van der Waals surface area contributed by atoms with Gasteiger partial charge in [0.1, 0.15) is 5.75 Å². The van der Waals surface area contributed by atoms with Crippen LogP contribution in [-0.2, 0) is 14.8 Å². The summed E-state index contributed by atoms with van der Waals surface area (Å²) in [7, 11) is -3.60. The van der Waals surface area contributed by atoms with Crippen molar-refractivity contribution in [2.45, 2.75) is 38.1 Å². The number of nitrogens with zero attached hydrogens (tertiary/aromatic N) is 1. The lowest BCUT2D eigenvalue weighted by atomic mass is 10.2. The van der Waals surface area contributed by atoms with Gasteiger partial charge in [0.05, 0.1) is 10.6 Å².